The first-order chi connectivity index (χ1) is 13.4. The number of likely N-dealkylation sites (N-methyl/N-ethyl adjacent to an activating group) is 1. The summed E-state index contributed by atoms with van der Waals surface area (Å²) >= 11 is 5.98. The fourth-order valence-electron chi connectivity index (χ4n) is 3.10. The number of hydrogen-bond acceptors (Lipinski definition) is 4. The maximum absolute atomic E-state index is 12.6. The van der Waals surface area contributed by atoms with Crippen LogP contribution in [-0.4, -0.2) is 75.7 Å². The standard InChI is InChI=1S/C19H30ClF2N5O.HI/c1-14(13-27-8-6-26(3)7-9-27)11-24-19(23-2)25-12-15-10-16(20)4-5-17(15)28-18(21)22;/h4-5,10,14,18H,6-9,11-13H2,1-3H3,(H2,23,24,25);1H. The topological polar surface area (TPSA) is 52.1 Å². The minimum absolute atomic E-state index is 0. The summed E-state index contributed by atoms with van der Waals surface area (Å²) < 4.78 is 29.7. The Hall–Kier alpha value is -0.910. The van der Waals surface area contributed by atoms with Crippen LogP contribution < -0.4 is 15.4 Å². The molecule has 1 saturated heterocycles. The Morgan fingerprint density at radius 3 is 2.55 bits per heavy atom. The molecule has 166 valence electrons. The maximum atomic E-state index is 12.6. The largest absolute Gasteiger partial charge is 0.434 e. The summed E-state index contributed by atoms with van der Waals surface area (Å²) in [7, 11) is 3.82. The molecule has 6 nitrogen and oxygen atoms in total. The molecule has 0 bridgehead atoms. The normalized spacial score (nSPS) is 17.0. The Labute approximate surface area is 194 Å². The number of ether oxygens (including phenoxy) is 1. The fraction of sp³-hybridized carbons (Fsp3) is 0.632. The molecule has 1 aliphatic rings. The van der Waals surface area contributed by atoms with Gasteiger partial charge in [0.2, 0.25) is 0 Å². The molecule has 0 saturated carbocycles. The molecule has 1 fully saturated rings. The van der Waals surface area contributed by atoms with Crippen LogP contribution >= 0.6 is 35.6 Å². The average molecular weight is 546 g/mol. The van der Waals surface area contributed by atoms with Crippen LogP contribution in [0.5, 0.6) is 5.75 Å². The first kappa shape index (κ1) is 26.1. The van der Waals surface area contributed by atoms with Gasteiger partial charge in [0.25, 0.3) is 0 Å². The van der Waals surface area contributed by atoms with E-state index in [2.05, 4.69) is 44.1 Å². The van der Waals surface area contributed by atoms with Crippen molar-refractivity contribution in [3.8, 4) is 5.75 Å². The van der Waals surface area contributed by atoms with Crippen LogP contribution in [-0.2, 0) is 6.54 Å². The minimum Gasteiger partial charge on any atom is -0.434 e. The van der Waals surface area contributed by atoms with Crippen molar-refractivity contribution in [2.45, 2.75) is 20.1 Å². The number of aliphatic imine (C=N–C) groups is 1. The Bertz CT molecular complexity index is 645. The molecule has 10 heteroatoms. The van der Waals surface area contributed by atoms with E-state index in [1.807, 2.05) is 0 Å². The highest BCUT2D eigenvalue weighted by molar-refractivity contribution is 14.0. The highest BCUT2D eigenvalue weighted by Crippen LogP contribution is 2.24. The molecule has 0 amide bonds. The molecular weight excluding hydrogens is 515 g/mol. The predicted molar refractivity (Wildman–Crippen MR) is 125 cm³/mol. The molecule has 29 heavy (non-hydrogen) atoms. The van der Waals surface area contributed by atoms with E-state index in [-0.39, 0.29) is 36.3 Å². The van der Waals surface area contributed by atoms with E-state index in [4.69, 9.17) is 11.6 Å². The van der Waals surface area contributed by atoms with Gasteiger partial charge in [0.15, 0.2) is 5.96 Å². The van der Waals surface area contributed by atoms with Crippen molar-refractivity contribution in [1.29, 1.82) is 0 Å². The zero-order chi connectivity index (χ0) is 20.5. The van der Waals surface area contributed by atoms with E-state index in [1.54, 1.807) is 13.1 Å². The van der Waals surface area contributed by atoms with Gasteiger partial charge in [-0.1, -0.05) is 18.5 Å². The van der Waals surface area contributed by atoms with E-state index in [9.17, 15) is 8.78 Å². The fourth-order valence-corrected chi connectivity index (χ4v) is 3.30. The number of halogens is 4. The van der Waals surface area contributed by atoms with Crippen molar-refractivity contribution in [2.24, 2.45) is 10.9 Å². The molecule has 1 atom stereocenters. The van der Waals surface area contributed by atoms with E-state index in [1.165, 1.54) is 12.1 Å². The molecule has 1 unspecified atom stereocenters. The van der Waals surface area contributed by atoms with Crippen molar-refractivity contribution in [3.05, 3.63) is 28.8 Å². The monoisotopic (exact) mass is 545 g/mol. The molecule has 0 radical (unpaired) electrons. The first-order valence-electron chi connectivity index (χ1n) is 9.46. The number of alkyl halides is 2. The average Bonchev–Trinajstić information content (AvgIpc) is 2.65. The van der Waals surface area contributed by atoms with Crippen LogP contribution in [0, 0.1) is 5.92 Å². The molecule has 2 rings (SSSR count). The van der Waals surface area contributed by atoms with Crippen LogP contribution in [0.4, 0.5) is 8.78 Å². The highest BCUT2D eigenvalue weighted by Gasteiger charge is 2.16. The SMILES string of the molecule is CN=C(NCc1cc(Cl)ccc1OC(F)F)NCC(C)CN1CCN(C)CC1.I. The molecule has 0 spiro atoms. The summed E-state index contributed by atoms with van der Waals surface area (Å²) in [5.74, 6) is 1.16. The lowest BCUT2D eigenvalue weighted by atomic mass is 10.1. The lowest BCUT2D eigenvalue weighted by Gasteiger charge is -2.34. The summed E-state index contributed by atoms with van der Waals surface area (Å²) in [6.45, 7) is 5.77. The number of guanidine groups is 1. The molecule has 0 aromatic heterocycles. The molecule has 1 aliphatic heterocycles. The Morgan fingerprint density at radius 1 is 1.24 bits per heavy atom. The van der Waals surface area contributed by atoms with E-state index >= 15 is 0 Å². The van der Waals surface area contributed by atoms with Crippen molar-refractivity contribution in [1.82, 2.24) is 20.4 Å². The summed E-state index contributed by atoms with van der Waals surface area (Å²) in [6.07, 6.45) is 0. The van der Waals surface area contributed by atoms with Crippen LogP contribution in [0.25, 0.3) is 0 Å². The molecule has 2 N–H and O–H groups in total. The zero-order valence-electron chi connectivity index (χ0n) is 17.1. The third-order valence-electron chi connectivity index (χ3n) is 4.69. The van der Waals surface area contributed by atoms with Gasteiger partial charge in [0, 0.05) is 63.4 Å². The number of rotatable bonds is 8. The van der Waals surface area contributed by atoms with Crippen LogP contribution in [0.2, 0.25) is 5.02 Å². The summed E-state index contributed by atoms with van der Waals surface area (Å²) in [4.78, 5) is 9.01. The Morgan fingerprint density at radius 2 is 1.93 bits per heavy atom. The highest BCUT2D eigenvalue weighted by atomic mass is 127. The summed E-state index contributed by atoms with van der Waals surface area (Å²) in [6, 6.07) is 4.57. The van der Waals surface area contributed by atoms with Gasteiger partial charge in [-0.3, -0.25) is 4.99 Å². The van der Waals surface area contributed by atoms with Crippen LogP contribution in [0.3, 0.4) is 0 Å². The predicted octanol–water partition coefficient (Wildman–Crippen LogP) is 3.11. The lowest BCUT2D eigenvalue weighted by molar-refractivity contribution is -0.0504. The number of nitrogens with zero attached hydrogens (tertiary/aromatic N) is 3. The summed E-state index contributed by atoms with van der Waals surface area (Å²) in [5.41, 5.74) is 0.543. The maximum Gasteiger partial charge on any atom is 0.387 e. The smallest absolute Gasteiger partial charge is 0.387 e. The van der Waals surface area contributed by atoms with Gasteiger partial charge < -0.3 is 25.2 Å². The second kappa shape index (κ2) is 13.4. The first-order valence-corrected chi connectivity index (χ1v) is 9.83. The minimum atomic E-state index is -2.88. The number of benzene rings is 1. The van der Waals surface area contributed by atoms with Crippen molar-refractivity contribution >= 4 is 41.5 Å². The molecule has 1 heterocycles. The zero-order valence-corrected chi connectivity index (χ0v) is 20.2. The van der Waals surface area contributed by atoms with E-state index < -0.39 is 6.61 Å². The number of piperazine rings is 1. The van der Waals surface area contributed by atoms with Gasteiger partial charge >= 0.3 is 6.61 Å². The van der Waals surface area contributed by atoms with Crippen LogP contribution in [0.1, 0.15) is 12.5 Å². The molecular formula is C19H31ClF2IN5O. The van der Waals surface area contributed by atoms with E-state index in [0.717, 1.165) is 39.3 Å². The van der Waals surface area contributed by atoms with Crippen LogP contribution in [0.15, 0.2) is 23.2 Å². The Balaban J connectivity index is 0.00000420. The molecule has 1 aromatic carbocycles. The van der Waals surface area contributed by atoms with E-state index in [0.29, 0.717) is 22.5 Å². The third-order valence-corrected chi connectivity index (χ3v) is 4.93. The number of nitrogens with one attached hydrogen (secondary N) is 2. The number of hydrogen-bond donors (Lipinski definition) is 2. The van der Waals surface area contributed by atoms with Gasteiger partial charge in [0.1, 0.15) is 5.75 Å². The second-order valence-electron chi connectivity index (χ2n) is 7.15. The summed E-state index contributed by atoms with van der Waals surface area (Å²) in [5, 5.41) is 6.88. The van der Waals surface area contributed by atoms with Crippen molar-refractivity contribution in [2.75, 3.05) is 53.4 Å². The van der Waals surface area contributed by atoms with Crippen molar-refractivity contribution in [3.63, 3.8) is 0 Å². The third kappa shape index (κ3) is 9.63. The lowest BCUT2D eigenvalue weighted by Crippen LogP contribution is -2.47. The quantitative estimate of drug-likeness (QED) is 0.299. The Kier molecular flexibility index (Phi) is 12.1. The molecule has 0 aliphatic carbocycles. The van der Waals surface area contributed by atoms with Gasteiger partial charge in [-0.05, 0) is 31.2 Å². The van der Waals surface area contributed by atoms with Gasteiger partial charge in [-0.15, -0.1) is 24.0 Å². The van der Waals surface area contributed by atoms with Gasteiger partial charge in [-0.2, -0.15) is 8.78 Å². The van der Waals surface area contributed by atoms with Gasteiger partial charge in [0.05, 0.1) is 0 Å². The van der Waals surface area contributed by atoms with Gasteiger partial charge in [-0.25, -0.2) is 0 Å². The molecule has 1 aromatic rings. The second-order valence-corrected chi connectivity index (χ2v) is 7.58. The van der Waals surface area contributed by atoms with Crippen molar-refractivity contribution < 1.29 is 13.5 Å².